The molecule has 23 heavy (non-hydrogen) atoms. The molecule has 0 unspecified atom stereocenters. The third-order valence-electron chi connectivity index (χ3n) is 3.83. The van der Waals surface area contributed by atoms with E-state index >= 15 is 0 Å². The van der Waals surface area contributed by atoms with Crippen molar-refractivity contribution in [2.75, 3.05) is 12.9 Å². The molecule has 0 aliphatic carbocycles. The summed E-state index contributed by atoms with van der Waals surface area (Å²) in [6, 6.07) is 12.5. The molecule has 2 nitrogen and oxygen atoms in total. The highest BCUT2D eigenvalue weighted by atomic mass is 35.5. The lowest BCUT2D eigenvalue weighted by atomic mass is 9.95. The van der Waals surface area contributed by atoms with Crippen LogP contribution in [0.1, 0.15) is 16.7 Å². The summed E-state index contributed by atoms with van der Waals surface area (Å²) in [5.41, 5.74) is 3.83. The predicted molar refractivity (Wildman–Crippen MR) is 94.3 cm³/mol. The Hall–Kier alpha value is -1.96. The highest BCUT2D eigenvalue weighted by molar-refractivity contribution is 8.08. The molecule has 0 spiro atoms. The Morgan fingerprint density at radius 3 is 2.70 bits per heavy atom. The van der Waals surface area contributed by atoms with Crippen LogP contribution in [0.15, 0.2) is 41.6 Å². The molecule has 3 rings (SSSR count). The maximum absolute atomic E-state index is 14.0. The van der Waals surface area contributed by atoms with Gasteiger partial charge in [0, 0.05) is 12.6 Å². The Labute approximate surface area is 144 Å². The number of thioether (sulfide) groups is 1. The third kappa shape index (κ3) is 2.83. The van der Waals surface area contributed by atoms with Crippen LogP contribution in [-0.2, 0) is 0 Å². The molecule has 116 valence electrons. The quantitative estimate of drug-likeness (QED) is 0.703. The summed E-state index contributed by atoms with van der Waals surface area (Å²) in [7, 11) is 1.95. The van der Waals surface area contributed by atoms with Crippen molar-refractivity contribution in [2.24, 2.45) is 0 Å². The van der Waals surface area contributed by atoms with Crippen molar-refractivity contribution < 1.29 is 4.39 Å². The molecule has 1 aliphatic rings. The van der Waals surface area contributed by atoms with E-state index in [4.69, 9.17) is 16.9 Å². The number of hydrogen-bond donors (Lipinski definition) is 0. The van der Waals surface area contributed by atoms with Crippen LogP contribution < -0.4 is 0 Å². The molecule has 0 radical (unpaired) electrons. The number of halogens is 2. The topological polar surface area (TPSA) is 27.0 Å². The van der Waals surface area contributed by atoms with Crippen LogP contribution in [0.5, 0.6) is 0 Å². The first kappa shape index (κ1) is 15.9. The number of nitriles is 1. The molecule has 0 saturated carbocycles. The summed E-state index contributed by atoms with van der Waals surface area (Å²) in [5.74, 6) is 0.290. The second kappa shape index (κ2) is 6.27. The summed E-state index contributed by atoms with van der Waals surface area (Å²) in [4.78, 5) is 2.99. The first-order chi connectivity index (χ1) is 11.0. The second-order valence-electron chi connectivity index (χ2n) is 5.40. The van der Waals surface area contributed by atoms with Gasteiger partial charge in [0.25, 0.3) is 0 Å². The van der Waals surface area contributed by atoms with Crippen LogP contribution in [0.25, 0.3) is 16.0 Å². The van der Waals surface area contributed by atoms with Gasteiger partial charge in [0.1, 0.15) is 17.0 Å². The minimum Gasteiger partial charge on any atom is -0.355 e. The van der Waals surface area contributed by atoms with E-state index in [0.29, 0.717) is 5.16 Å². The van der Waals surface area contributed by atoms with Crippen LogP contribution in [0, 0.1) is 24.1 Å². The van der Waals surface area contributed by atoms with Crippen LogP contribution in [0.2, 0.25) is 0 Å². The maximum Gasteiger partial charge on any atom is 0.141 e. The highest BCUT2D eigenvalue weighted by Gasteiger charge is 2.24. The van der Waals surface area contributed by atoms with Gasteiger partial charge in [-0.25, -0.2) is 4.39 Å². The molecule has 0 fully saturated rings. The molecule has 0 N–H and O–H groups in total. The van der Waals surface area contributed by atoms with Crippen molar-refractivity contribution in [3.63, 3.8) is 0 Å². The number of nitrogens with zero attached hydrogens (tertiary/aromatic N) is 2. The monoisotopic (exact) mass is 344 g/mol. The van der Waals surface area contributed by atoms with Crippen molar-refractivity contribution >= 4 is 28.3 Å². The third-order valence-corrected chi connectivity index (χ3v) is 5.62. The largest absolute Gasteiger partial charge is 0.355 e. The van der Waals surface area contributed by atoms with Crippen molar-refractivity contribution in [2.45, 2.75) is 6.92 Å². The molecule has 0 amide bonds. The van der Waals surface area contributed by atoms with Gasteiger partial charge in [-0.15, -0.1) is 11.8 Å². The van der Waals surface area contributed by atoms with Crippen molar-refractivity contribution in [1.29, 1.82) is 5.26 Å². The smallest absolute Gasteiger partial charge is 0.141 e. The summed E-state index contributed by atoms with van der Waals surface area (Å²) in [6.07, 6.45) is 0. The molecule has 1 aliphatic heterocycles. The molecule has 2 aromatic carbocycles. The van der Waals surface area contributed by atoms with Crippen molar-refractivity contribution in [1.82, 2.24) is 4.90 Å². The molecular formula is C18H14ClFN2S. The Balaban J connectivity index is 2.21. The Morgan fingerprint density at radius 1 is 1.30 bits per heavy atom. The highest BCUT2D eigenvalue weighted by Crippen LogP contribution is 2.45. The fraction of sp³-hybridized carbons (Fsp3) is 0.167. The Morgan fingerprint density at radius 2 is 2.09 bits per heavy atom. The van der Waals surface area contributed by atoms with Gasteiger partial charge in [0.2, 0.25) is 0 Å². The lowest BCUT2D eigenvalue weighted by molar-refractivity contribution is 0.537. The fourth-order valence-corrected chi connectivity index (χ4v) is 4.14. The van der Waals surface area contributed by atoms with E-state index in [1.807, 2.05) is 43.1 Å². The van der Waals surface area contributed by atoms with Crippen LogP contribution >= 0.6 is 23.4 Å². The standard InChI is InChI=1S/C18H14ClFN2S/c1-11-4-3-5-14(12-6-7-13(9-21)15(20)8-12)16(11)17-18(19)22(2)10-23-17/h3-8H,10H2,1-2H3. The SMILES string of the molecule is Cc1cccc(-c2ccc(C#N)c(F)c2)c1C1=C(Cl)N(C)CS1. The molecular weight excluding hydrogens is 331 g/mol. The van der Waals surface area contributed by atoms with Crippen LogP contribution in [0.3, 0.4) is 0 Å². The number of benzene rings is 2. The summed E-state index contributed by atoms with van der Waals surface area (Å²) < 4.78 is 14.0. The second-order valence-corrected chi connectivity index (χ2v) is 6.71. The van der Waals surface area contributed by atoms with Gasteiger partial charge < -0.3 is 4.90 Å². The summed E-state index contributed by atoms with van der Waals surface area (Å²) >= 11 is 8.12. The molecule has 0 bridgehead atoms. The zero-order chi connectivity index (χ0) is 16.6. The first-order valence-electron chi connectivity index (χ1n) is 7.06. The van der Waals surface area contributed by atoms with E-state index in [1.54, 1.807) is 17.8 Å². The van der Waals surface area contributed by atoms with E-state index in [9.17, 15) is 4.39 Å². The Kier molecular flexibility index (Phi) is 4.34. The number of rotatable bonds is 2. The van der Waals surface area contributed by atoms with Crippen molar-refractivity contribution in [3.05, 3.63) is 64.1 Å². The minimum atomic E-state index is -0.506. The van der Waals surface area contributed by atoms with Crippen LogP contribution in [0.4, 0.5) is 4.39 Å². The zero-order valence-electron chi connectivity index (χ0n) is 12.7. The molecule has 0 aromatic heterocycles. The first-order valence-corrected chi connectivity index (χ1v) is 8.43. The van der Waals surface area contributed by atoms with E-state index in [0.717, 1.165) is 33.0 Å². The molecule has 1 heterocycles. The van der Waals surface area contributed by atoms with Gasteiger partial charge in [0.15, 0.2) is 0 Å². The van der Waals surface area contributed by atoms with Gasteiger partial charge in [-0.2, -0.15) is 5.26 Å². The number of aryl methyl sites for hydroxylation is 1. The van der Waals surface area contributed by atoms with Gasteiger partial charge in [-0.3, -0.25) is 0 Å². The van der Waals surface area contributed by atoms with Gasteiger partial charge in [0.05, 0.1) is 16.3 Å². The summed E-state index contributed by atoms with van der Waals surface area (Å²) in [5, 5.41) is 9.60. The van der Waals surface area contributed by atoms with Crippen molar-refractivity contribution in [3.8, 4) is 17.2 Å². The average Bonchev–Trinajstić information content (AvgIpc) is 2.86. The predicted octanol–water partition coefficient (Wildman–Crippen LogP) is 5.17. The van der Waals surface area contributed by atoms with E-state index < -0.39 is 5.82 Å². The Bertz CT molecular complexity index is 855. The lowest BCUT2D eigenvalue weighted by Gasteiger charge is -2.14. The van der Waals surface area contributed by atoms with Gasteiger partial charge in [-0.05, 0) is 35.7 Å². The normalized spacial score (nSPS) is 14.3. The summed E-state index contributed by atoms with van der Waals surface area (Å²) in [6.45, 7) is 2.02. The molecule has 2 aromatic rings. The number of hydrogen-bond acceptors (Lipinski definition) is 3. The zero-order valence-corrected chi connectivity index (χ0v) is 14.3. The molecule has 5 heteroatoms. The molecule has 0 atom stereocenters. The van der Waals surface area contributed by atoms with Crippen LogP contribution in [-0.4, -0.2) is 17.8 Å². The van der Waals surface area contributed by atoms with Gasteiger partial charge in [-0.1, -0.05) is 35.9 Å². The minimum absolute atomic E-state index is 0.0511. The average molecular weight is 345 g/mol. The lowest BCUT2D eigenvalue weighted by Crippen LogP contribution is -2.07. The van der Waals surface area contributed by atoms with Gasteiger partial charge >= 0.3 is 0 Å². The van der Waals surface area contributed by atoms with E-state index in [1.165, 1.54) is 12.1 Å². The van der Waals surface area contributed by atoms with E-state index in [2.05, 4.69) is 0 Å². The maximum atomic E-state index is 14.0. The molecule has 0 saturated heterocycles. The van der Waals surface area contributed by atoms with E-state index in [-0.39, 0.29) is 5.56 Å². The fourth-order valence-electron chi connectivity index (χ4n) is 2.61.